The summed E-state index contributed by atoms with van der Waals surface area (Å²) in [6, 6.07) is 0.747. The van der Waals surface area contributed by atoms with Crippen LogP contribution in [-0.4, -0.2) is 25.3 Å². The third-order valence-corrected chi connectivity index (χ3v) is 4.64. The summed E-state index contributed by atoms with van der Waals surface area (Å²) in [5, 5.41) is 3.76. The highest BCUT2D eigenvalue weighted by molar-refractivity contribution is 4.77. The fourth-order valence-electron chi connectivity index (χ4n) is 3.56. The largest absolute Gasteiger partial charge is 0.378 e. The minimum atomic E-state index is 0.569. The molecule has 1 saturated heterocycles. The van der Waals surface area contributed by atoms with Gasteiger partial charge in [0.05, 0.1) is 6.10 Å². The lowest BCUT2D eigenvalue weighted by molar-refractivity contribution is 0.0986. The molecule has 106 valence electrons. The Bertz CT molecular complexity index is 207. The van der Waals surface area contributed by atoms with E-state index in [0.29, 0.717) is 6.10 Å². The van der Waals surface area contributed by atoms with Crippen LogP contribution in [0.15, 0.2) is 0 Å². The van der Waals surface area contributed by atoms with Crippen LogP contribution in [0, 0.1) is 5.92 Å². The molecular formula is C16H31NO. The molecule has 2 fully saturated rings. The maximum atomic E-state index is 5.75. The molecule has 2 rings (SSSR count). The van der Waals surface area contributed by atoms with E-state index in [2.05, 4.69) is 12.2 Å². The summed E-state index contributed by atoms with van der Waals surface area (Å²) < 4.78 is 5.75. The van der Waals surface area contributed by atoms with Crippen molar-refractivity contribution in [1.29, 1.82) is 0 Å². The Morgan fingerprint density at radius 2 is 2.00 bits per heavy atom. The summed E-state index contributed by atoms with van der Waals surface area (Å²) in [5.41, 5.74) is 0. The molecule has 0 spiro atoms. The number of hydrogen-bond acceptors (Lipinski definition) is 2. The molecule has 1 heterocycles. The van der Waals surface area contributed by atoms with Crippen LogP contribution in [0.3, 0.4) is 0 Å². The Balaban J connectivity index is 1.68. The van der Waals surface area contributed by atoms with E-state index < -0.39 is 0 Å². The fourth-order valence-corrected chi connectivity index (χ4v) is 3.56. The van der Waals surface area contributed by atoms with Gasteiger partial charge in [0.2, 0.25) is 0 Å². The Labute approximate surface area is 113 Å². The maximum absolute atomic E-state index is 5.75. The summed E-state index contributed by atoms with van der Waals surface area (Å²) in [6.45, 7) is 4.45. The normalized spacial score (nSPS) is 26.8. The Hall–Kier alpha value is -0.0800. The van der Waals surface area contributed by atoms with Gasteiger partial charge < -0.3 is 10.1 Å². The van der Waals surface area contributed by atoms with Crippen molar-refractivity contribution in [1.82, 2.24) is 5.32 Å². The van der Waals surface area contributed by atoms with Crippen LogP contribution in [-0.2, 0) is 4.74 Å². The second-order valence-electron chi connectivity index (χ2n) is 6.25. The number of ether oxygens (including phenoxy) is 1. The van der Waals surface area contributed by atoms with Crippen LogP contribution in [0.5, 0.6) is 0 Å². The Kier molecular flexibility index (Phi) is 6.50. The molecule has 0 aromatic heterocycles. The zero-order valence-electron chi connectivity index (χ0n) is 12.1. The smallest absolute Gasteiger partial charge is 0.0576 e. The van der Waals surface area contributed by atoms with Gasteiger partial charge in [0.1, 0.15) is 0 Å². The lowest BCUT2D eigenvalue weighted by Gasteiger charge is -2.23. The number of rotatable bonds is 8. The SMILES string of the molecule is CCCNC(CCC1CCCO1)CC1CCCC1. The highest BCUT2D eigenvalue weighted by Gasteiger charge is 2.22. The fraction of sp³-hybridized carbons (Fsp3) is 1.00. The summed E-state index contributed by atoms with van der Waals surface area (Å²) >= 11 is 0. The van der Waals surface area contributed by atoms with Crippen LogP contribution in [0.2, 0.25) is 0 Å². The Morgan fingerprint density at radius 1 is 1.17 bits per heavy atom. The van der Waals surface area contributed by atoms with Crippen molar-refractivity contribution in [3.63, 3.8) is 0 Å². The molecule has 1 N–H and O–H groups in total. The lowest BCUT2D eigenvalue weighted by atomic mass is 9.94. The molecule has 2 unspecified atom stereocenters. The molecule has 0 amide bonds. The van der Waals surface area contributed by atoms with Crippen molar-refractivity contribution in [2.75, 3.05) is 13.2 Å². The molecule has 1 aliphatic heterocycles. The van der Waals surface area contributed by atoms with Crippen molar-refractivity contribution in [2.45, 2.75) is 83.3 Å². The molecule has 2 aliphatic rings. The van der Waals surface area contributed by atoms with Gasteiger partial charge >= 0.3 is 0 Å². The summed E-state index contributed by atoms with van der Waals surface area (Å²) in [4.78, 5) is 0. The highest BCUT2D eigenvalue weighted by atomic mass is 16.5. The molecule has 1 saturated carbocycles. The third-order valence-electron chi connectivity index (χ3n) is 4.64. The van der Waals surface area contributed by atoms with Crippen molar-refractivity contribution in [3.8, 4) is 0 Å². The van der Waals surface area contributed by atoms with Gasteiger partial charge in [-0.25, -0.2) is 0 Å². The van der Waals surface area contributed by atoms with Gasteiger partial charge in [-0.1, -0.05) is 32.6 Å². The van der Waals surface area contributed by atoms with Crippen molar-refractivity contribution < 1.29 is 4.74 Å². The van der Waals surface area contributed by atoms with Crippen LogP contribution in [0.1, 0.15) is 71.1 Å². The number of hydrogen-bond donors (Lipinski definition) is 1. The van der Waals surface area contributed by atoms with E-state index in [1.165, 1.54) is 70.8 Å². The van der Waals surface area contributed by atoms with E-state index in [9.17, 15) is 0 Å². The molecule has 2 atom stereocenters. The van der Waals surface area contributed by atoms with Gasteiger partial charge in [0, 0.05) is 12.6 Å². The molecule has 0 bridgehead atoms. The zero-order chi connectivity index (χ0) is 12.6. The average Bonchev–Trinajstić information content (AvgIpc) is 3.05. The van der Waals surface area contributed by atoms with Crippen LogP contribution >= 0.6 is 0 Å². The topological polar surface area (TPSA) is 21.3 Å². The van der Waals surface area contributed by atoms with Crippen molar-refractivity contribution in [3.05, 3.63) is 0 Å². The molecule has 18 heavy (non-hydrogen) atoms. The van der Waals surface area contributed by atoms with Crippen molar-refractivity contribution in [2.24, 2.45) is 5.92 Å². The standard InChI is InChI=1S/C16H31NO/c1-2-11-17-15(13-14-6-3-4-7-14)9-10-16-8-5-12-18-16/h14-17H,2-13H2,1H3. The first-order chi connectivity index (χ1) is 8.88. The lowest BCUT2D eigenvalue weighted by Crippen LogP contribution is -2.32. The second kappa shape index (κ2) is 8.16. The predicted octanol–water partition coefficient (Wildman–Crippen LogP) is 3.89. The molecule has 1 aliphatic carbocycles. The first-order valence-electron chi connectivity index (χ1n) is 8.23. The maximum Gasteiger partial charge on any atom is 0.0576 e. The van der Waals surface area contributed by atoms with Gasteiger partial charge in [-0.05, 0) is 51.0 Å². The van der Waals surface area contributed by atoms with Gasteiger partial charge in [-0.3, -0.25) is 0 Å². The van der Waals surface area contributed by atoms with E-state index >= 15 is 0 Å². The molecule has 0 aromatic rings. The summed E-state index contributed by atoms with van der Waals surface area (Å²) in [6.07, 6.45) is 14.3. The monoisotopic (exact) mass is 253 g/mol. The van der Waals surface area contributed by atoms with Gasteiger partial charge in [0.25, 0.3) is 0 Å². The molecule has 0 aromatic carbocycles. The second-order valence-corrected chi connectivity index (χ2v) is 6.25. The number of nitrogens with one attached hydrogen (secondary N) is 1. The Morgan fingerprint density at radius 3 is 2.67 bits per heavy atom. The predicted molar refractivity (Wildman–Crippen MR) is 76.9 cm³/mol. The highest BCUT2D eigenvalue weighted by Crippen LogP contribution is 2.30. The minimum absolute atomic E-state index is 0.569. The van der Waals surface area contributed by atoms with E-state index in [1.807, 2.05) is 0 Å². The van der Waals surface area contributed by atoms with E-state index in [0.717, 1.165) is 18.6 Å². The minimum Gasteiger partial charge on any atom is -0.378 e. The van der Waals surface area contributed by atoms with Crippen LogP contribution in [0.25, 0.3) is 0 Å². The summed E-state index contributed by atoms with van der Waals surface area (Å²) in [7, 11) is 0. The molecule has 2 heteroatoms. The van der Waals surface area contributed by atoms with E-state index in [-0.39, 0.29) is 0 Å². The molecule has 0 radical (unpaired) electrons. The van der Waals surface area contributed by atoms with Gasteiger partial charge in [-0.2, -0.15) is 0 Å². The molecule has 2 nitrogen and oxygen atoms in total. The first-order valence-corrected chi connectivity index (χ1v) is 8.23. The van der Waals surface area contributed by atoms with Crippen LogP contribution < -0.4 is 5.32 Å². The summed E-state index contributed by atoms with van der Waals surface area (Å²) in [5.74, 6) is 1.00. The van der Waals surface area contributed by atoms with Gasteiger partial charge in [0.15, 0.2) is 0 Å². The molecular weight excluding hydrogens is 222 g/mol. The average molecular weight is 253 g/mol. The van der Waals surface area contributed by atoms with E-state index in [1.54, 1.807) is 0 Å². The van der Waals surface area contributed by atoms with Crippen LogP contribution in [0.4, 0.5) is 0 Å². The van der Waals surface area contributed by atoms with E-state index in [4.69, 9.17) is 4.74 Å². The first kappa shape index (κ1) is 14.3. The van der Waals surface area contributed by atoms with Gasteiger partial charge in [-0.15, -0.1) is 0 Å². The third kappa shape index (κ3) is 4.89. The van der Waals surface area contributed by atoms with Crippen molar-refractivity contribution >= 4 is 0 Å². The zero-order valence-corrected chi connectivity index (χ0v) is 12.1. The quantitative estimate of drug-likeness (QED) is 0.708.